The zero-order valence-electron chi connectivity index (χ0n) is 15.9. The number of hydrogen-bond donors (Lipinski definition) is 0. The van der Waals surface area contributed by atoms with E-state index in [4.69, 9.17) is 14.2 Å². The third-order valence-corrected chi connectivity index (χ3v) is 4.88. The fraction of sp³-hybridized carbons (Fsp3) is 0.250. The van der Waals surface area contributed by atoms with Gasteiger partial charge in [0, 0.05) is 0 Å². The van der Waals surface area contributed by atoms with E-state index in [0.29, 0.717) is 24.7 Å². The predicted molar refractivity (Wildman–Crippen MR) is 116 cm³/mol. The molecule has 0 amide bonds. The summed E-state index contributed by atoms with van der Waals surface area (Å²) in [5, 5.41) is 11.7. The Morgan fingerprint density at radius 2 is 1.79 bits per heavy atom. The van der Waals surface area contributed by atoms with Crippen LogP contribution in [0, 0.1) is 17.4 Å². The molecule has 0 N–H and O–H groups in total. The summed E-state index contributed by atoms with van der Waals surface area (Å²) < 4.78 is 19.6. The zero-order valence-corrected chi connectivity index (χ0v) is 18.1. The highest BCUT2D eigenvalue weighted by molar-refractivity contribution is 14.1. The van der Waals surface area contributed by atoms with Crippen LogP contribution in [0.3, 0.4) is 0 Å². The Kier molecular flexibility index (Phi) is 6.85. The van der Waals surface area contributed by atoms with Crippen LogP contribution in [0.15, 0.2) is 48.1 Å². The van der Waals surface area contributed by atoms with Crippen molar-refractivity contribution in [1.82, 2.24) is 14.9 Å². The maximum Gasteiger partial charge on any atom is 0.174 e. The molecule has 0 saturated heterocycles. The van der Waals surface area contributed by atoms with Crippen molar-refractivity contribution in [2.75, 3.05) is 20.3 Å². The fourth-order valence-electron chi connectivity index (χ4n) is 2.45. The molecule has 0 spiro atoms. The summed E-state index contributed by atoms with van der Waals surface area (Å²) in [6, 6.07) is 9.89. The lowest BCUT2D eigenvalue weighted by Crippen LogP contribution is -2.10. The van der Waals surface area contributed by atoms with E-state index in [1.165, 1.54) is 28.5 Å². The average molecular weight is 492 g/mol. The SMILES string of the molecule is COc1cc(C=Nn2cnnc2)cc(I)c1OCCOc1ccc(C)c(C)c1. The highest BCUT2D eigenvalue weighted by Crippen LogP contribution is 2.33. The number of aromatic nitrogens is 3. The van der Waals surface area contributed by atoms with Gasteiger partial charge in [0.2, 0.25) is 0 Å². The van der Waals surface area contributed by atoms with Gasteiger partial charge in [0.1, 0.15) is 31.6 Å². The minimum Gasteiger partial charge on any atom is -0.493 e. The van der Waals surface area contributed by atoms with Gasteiger partial charge in [-0.1, -0.05) is 6.07 Å². The summed E-state index contributed by atoms with van der Waals surface area (Å²) in [5.41, 5.74) is 3.34. The van der Waals surface area contributed by atoms with Crippen molar-refractivity contribution in [3.05, 3.63) is 63.2 Å². The molecule has 8 heteroatoms. The van der Waals surface area contributed by atoms with Crippen molar-refractivity contribution in [2.24, 2.45) is 5.10 Å². The first kappa shape index (κ1) is 20.1. The third-order valence-electron chi connectivity index (χ3n) is 4.08. The first-order valence-corrected chi connectivity index (χ1v) is 9.74. The Morgan fingerprint density at radius 1 is 1.04 bits per heavy atom. The molecule has 0 atom stereocenters. The monoisotopic (exact) mass is 492 g/mol. The lowest BCUT2D eigenvalue weighted by Gasteiger charge is -2.14. The van der Waals surface area contributed by atoms with E-state index in [1.807, 2.05) is 24.3 Å². The smallest absolute Gasteiger partial charge is 0.174 e. The van der Waals surface area contributed by atoms with Gasteiger partial charge in [-0.15, -0.1) is 10.2 Å². The van der Waals surface area contributed by atoms with Gasteiger partial charge < -0.3 is 14.2 Å². The summed E-state index contributed by atoms with van der Waals surface area (Å²) in [4.78, 5) is 0. The number of benzene rings is 2. The van der Waals surface area contributed by atoms with E-state index in [0.717, 1.165) is 14.9 Å². The standard InChI is InChI=1S/C20H21IN4O3/c1-14-4-5-17(8-15(14)2)27-6-7-28-20-18(21)9-16(10-19(20)26-3)11-24-25-12-22-23-13-25/h4-5,8-13H,6-7H2,1-3H3. The largest absolute Gasteiger partial charge is 0.493 e. The van der Waals surface area contributed by atoms with Crippen LogP contribution in [0.4, 0.5) is 0 Å². The Morgan fingerprint density at radius 3 is 2.50 bits per heavy atom. The number of hydrogen-bond acceptors (Lipinski definition) is 6. The zero-order chi connectivity index (χ0) is 19.9. The molecule has 0 radical (unpaired) electrons. The van der Waals surface area contributed by atoms with Crippen LogP contribution in [-0.2, 0) is 0 Å². The molecule has 2 aromatic carbocycles. The van der Waals surface area contributed by atoms with Crippen molar-refractivity contribution >= 4 is 28.8 Å². The fourth-order valence-corrected chi connectivity index (χ4v) is 3.23. The molecule has 146 valence electrons. The maximum absolute atomic E-state index is 5.91. The van der Waals surface area contributed by atoms with E-state index in [1.54, 1.807) is 13.3 Å². The van der Waals surface area contributed by atoms with E-state index in [2.05, 4.69) is 57.8 Å². The molecule has 3 aromatic rings. The molecule has 7 nitrogen and oxygen atoms in total. The molecule has 0 saturated carbocycles. The van der Waals surface area contributed by atoms with Gasteiger partial charge in [-0.25, -0.2) is 4.68 Å². The van der Waals surface area contributed by atoms with Crippen LogP contribution >= 0.6 is 22.6 Å². The summed E-state index contributed by atoms with van der Waals surface area (Å²) in [6.07, 6.45) is 4.75. The van der Waals surface area contributed by atoms with Crippen LogP contribution in [0.1, 0.15) is 16.7 Å². The average Bonchev–Trinajstić information content (AvgIpc) is 3.20. The van der Waals surface area contributed by atoms with E-state index in [-0.39, 0.29) is 0 Å². The van der Waals surface area contributed by atoms with Gasteiger partial charge in [0.05, 0.1) is 16.9 Å². The molecule has 1 aromatic heterocycles. The lowest BCUT2D eigenvalue weighted by atomic mass is 10.1. The number of nitrogens with zero attached hydrogens (tertiary/aromatic N) is 4. The number of aryl methyl sites for hydroxylation is 2. The second-order valence-corrected chi connectivity index (χ2v) is 7.23. The molecule has 3 rings (SSSR count). The van der Waals surface area contributed by atoms with Gasteiger partial charge >= 0.3 is 0 Å². The van der Waals surface area contributed by atoms with Crippen molar-refractivity contribution in [2.45, 2.75) is 13.8 Å². The topological polar surface area (TPSA) is 70.8 Å². The van der Waals surface area contributed by atoms with Gasteiger partial charge in [-0.05, 0) is 77.4 Å². The molecular formula is C20H21IN4O3. The minimum atomic E-state index is 0.410. The van der Waals surface area contributed by atoms with Crippen LogP contribution < -0.4 is 14.2 Å². The second-order valence-electron chi connectivity index (χ2n) is 6.06. The third kappa shape index (κ3) is 5.22. The highest BCUT2D eigenvalue weighted by atomic mass is 127. The second kappa shape index (κ2) is 9.54. The van der Waals surface area contributed by atoms with Crippen molar-refractivity contribution < 1.29 is 14.2 Å². The van der Waals surface area contributed by atoms with E-state index < -0.39 is 0 Å². The number of ether oxygens (including phenoxy) is 3. The molecular weight excluding hydrogens is 471 g/mol. The Bertz CT molecular complexity index is 958. The molecule has 0 aliphatic carbocycles. The van der Waals surface area contributed by atoms with Gasteiger partial charge in [-0.3, -0.25) is 0 Å². The number of halogens is 1. The first-order chi connectivity index (χ1) is 13.6. The molecule has 0 aliphatic heterocycles. The molecule has 1 heterocycles. The van der Waals surface area contributed by atoms with Crippen LogP contribution in [0.25, 0.3) is 0 Å². The number of rotatable bonds is 8. The molecule has 0 bridgehead atoms. The van der Waals surface area contributed by atoms with Gasteiger partial charge in [0.25, 0.3) is 0 Å². The minimum absolute atomic E-state index is 0.410. The predicted octanol–water partition coefficient (Wildman–Crippen LogP) is 3.85. The van der Waals surface area contributed by atoms with Gasteiger partial charge in [-0.2, -0.15) is 5.10 Å². The lowest BCUT2D eigenvalue weighted by molar-refractivity contribution is 0.210. The Balaban J connectivity index is 1.62. The summed E-state index contributed by atoms with van der Waals surface area (Å²) in [5.74, 6) is 2.17. The van der Waals surface area contributed by atoms with Crippen LogP contribution in [-0.4, -0.2) is 41.4 Å². The Labute approximate surface area is 177 Å². The molecule has 0 aliphatic rings. The van der Waals surface area contributed by atoms with Gasteiger partial charge in [0.15, 0.2) is 11.5 Å². The summed E-state index contributed by atoms with van der Waals surface area (Å²) in [6.45, 7) is 5.00. The van der Waals surface area contributed by atoms with Crippen LogP contribution in [0.2, 0.25) is 0 Å². The van der Waals surface area contributed by atoms with Crippen molar-refractivity contribution in [3.8, 4) is 17.2 Å². The van der Waals surface area contributed by atoms with Crippen molar-refractivity contribution in [3.63, 3.8) is 0 Å². The summed E-state index contributed by atoms with van der Waals surface area (Å²) in [7, 11) is 1.62. The van der Waals surface area contributed by atoms with E-state index in [9.17, 15) is 0 Å². The normalized spacial score (nSPS) is 11.0. The maximum atomic E-state index is 5.91. The van der Waals surface area contributed by atoms with E-state index >= 15 is 0 Å². The molecule has 28 heavy (non-hydrogen) atoms. The molecule has 0 fully saturated rings. The molecule has 0 unspecified atom stereocenters. The van der Waals surface area contributed by atoms with Crippen LogP contribution in [0.5, 0.6) is 17.2 Å². The van der Waals surface area contributed by atoms with Crippen molar-refractivity contribution in [1.29, 1.82) is 0 Å². The Hall–Kier alpha value is -2.62. The highest BCUT2D eigenvalue weighted by Gasteiger charge is 2.11. The summed E-state index contributed by atoms with van der Waals surface area (Å²) >= 11 is 2.22. The quantitative estimate of drug-likeness (QED) is 0.272. The number of methoxy groups -OCH3 is 1. The first-order valence-electron chi connectivity index (χ1n) is 8.66.